The Morgan fingerprint density at radius 2 is 1.73 bits per heavy atom. The fourth-order valence-corrected chi connectivity index (χ4v) is 2.74. The summed E-state index contributed by atoms with van der Waals surface area (Å²) in [6.07, 6.45) is 0.950. The fourth-order valence-electron chi connectivity index (χ4n) is 2.25. The molecule has 3 nitrogen and oxygen atoms in total. The van der Waals surface area contributed by atoms with E-state index in [2.05, 4.69) is 11.4 Å². The van der Waals surface area contributed by atoms with Crippen molar-refractivity contribution < 1.29 is 14.8 Å². The maximum Gasteiger partial charge on any atom is 0.160 e. The van der Waals surface area contributed by atoms with Crippen molar-refractivity contribution in [2.75, 3.05) is 20.8 Å². The molecule has 118 valence electrons. The van der Waals surface area contributed by atoms with E-state index < -0.39 is 0 Å². The van der Waals surface area contributed by atoms with Crippen LogP contribution >= 0.6 is 23.2 Å². The van der Waals surface area contributed by atoms with Gasteiger partial charge >= 0.3 is 0 Å². The molecule has 0 unspecified atom stereocenters. The molecule has 0 atom stereocenters. The lowest BCUT2D eigenvalue weighted by atomic mass is 10.1. The molecule has 0 radical (unpaired) electrons. The van der Waals surface area contributed by atoms with Crippen molar-refractivity contribution >= 4 is 23.2 Å². The number of hydrogen-bond acceptors (Lipinski definition) is 2. The Hall–Kier alpha value is -1.42. The third kappa shape index (κ3) is 4.54. The van der Waals surface area contributed by atoms with E-state index in [1.807, 2.05) is 24.3 Å². The van der Waals surface area contributed by atoms with E-state index in [1.165, 1.54) is 5.56 Å². The lowest BCUT2D eigenvalue weighted by molar-refractivity contribution is -0.670. The molecular formula is C17H20Cl2NO2+. The van der Waals surface area contributed by atoms with Crippen LogP contribution in [0.4, 0.5) is 0 Å². The van der Waals surface area contributed by atoms with Gasteiger partial charge in [-0.3, -0.25) is 0 Å². The first-order chi connectivity index (χ1) is 10.6. The first-order valence-electron chi connectivity index (χ1n) is 7.10. The van der Waals surface area contributed by atoms with Gasteiger partial charge in [0.25, 0.3) is 0 Å². The summed E-state index contributed by atoms with van der Waals surface area (Å²) < 4.78 is 10.6. The summed E-state index contributed by atoms with van der Waals surface area (Å²) in [5, 5.41) is 3.61. The van der Waals surface area contributed by atoms with E-state index in [0.717, 1.165) is 41.6 Å². The van der Waals surface area contributed by atoms with Crippen molar-refractivity contribution in [3.8, 4) is 11.5 Å². The van der Waals surface area contributed by atoms with Gasteiger partial charge in [-0.25, -0.2) is 0 Å². The standard InChI is InChI=1S/C17H19Cl2NO2/c1-21-16-6-3-12(9-17(16)22-2)7-8-20-11-13-4-5-14(18)10-15(13)19/h3-6,9-10,20H,7-8,11H2,1-2H3/p+1. The third-order valence-electron chi connectivity index (χ3n) is 3.46. The quantitative estimate of drug-likeness (QED) is 0.784. The molecule has 0 saturated carbocycles. The van der Waals surface area contributed by atoms with Crippen molar-refractivity contribution in [2.24, 2.45) is 0 Å². The largest absolute Gasteiger partial charge is 0.493 e. The van der Waals surface area contributed by atoms with Crippen LogP contribution in [0, 0.1) is 0 Å². The molecule has 2 N–H and O–H groups in total. The van der Waals surface area contributed by atoms with Crippen LogP contribution in [0.2, 0.25) is 10.0 Å². The highest BCUT2D eigenvalue weighted by atomic mass is 35.5. The molecule has 2 aromatic rings. The molecule has 0 fully saturated rings. The summed E-state index contributed by atoms with van der Waals surface area (Å²) in [5.41, 5.74) is 2.31. The van der Waals surface area contributed by atoms with Gasteiger partial charge in [-0.15, -0.1) is 0 Å². The van der Waals surface area contributed by atoms with E-state index >= 15 is 0 Å². The molecule has 0 aromatic heterocycles. The second-order valence-corrected chi connectivity index (χ2v) is 5.80. The van der Waals surface area contributed by atoms with E-state index in [1.54, 1.807) is 20.3 Å². The minimum atomic E-state index is 0.666. The van der Waals surface area contributed by atoms with Crippen molar-refractivity contribution in [1.82, 2.24) is 0 Å². The monoisotopic (exact) mass is 340 g/mol. The predicted octanol–water partition coefficient (Wildman–Crippen LogP) is 3.32. The van der Waals surface area contributed by atoms with Gasteiger partial charge in [0.15, 0.2) is 11.5 Å². The zero-order valence-corrected chi connectivity index (χ0v) is 14.2. The van der Waals surface area contributed by atoms with Crippen LogP contribution in [-0.4, -0.2) is 20.8 Å². The summed E-state index contributed by atoms with van der Waals surface area (Å²) in [7, 11) is 3.29. The lowest BCUT2D eigenvalue weighted by Gasteiger charge is -2.09. The number of nitrogens with two attached hydrogens (primary N) is 1. The number of halogens is 2. The van der Waals surface area contributed by atoms with Crippen LogP contribution in [0.5, 0.6) is 11.5 Å². The number of rotatable bonds is 7. The molecule has 0 spiro atoms. The van der Waals surface area contributed by atoms with Gasteiger partial charge in [-0.1, -0.05) is 35.3 Å². The minimum absolute atomic E-state index is 0.666. The molecule has 0 aliphatic carbocycles. The summed E-state index contributed by atoms with van der Waals surface area (Å²) in [6, 6.07) is 11.6. The number of quaternary nitrogens is 1. The van der Waals surface area contributed by atoms with Crippen LogP contribution in [0.1, 0.15) is 11.1 Å². The highest BCUT2D eigenvalue weighted by Crippen LogP contribution is 2.27. The van der Waals surface area contributed by atoms with Gasteiger partial charge in [0.1, 0.15) is 6.54 Å². The number of methoxy groups -OCH3 is 2. The molecule has 5 heteroatoms. The summed E-state index contributed by atoms with van der Waals surface area (Å²) in [6.45, 7) is 1.80. The number of ether oxygens (including phenoxy) is 2. The maximum atomic E-state index is 6.16. The van der Waals surface area contributed by atoms with Crippen LogP contribution in [0.3, 0.4) is 0 Å². The van der Waals surface area contributed by atoms with Crippen molar-refractivity contribution in [3.05, 3.63) is 57.6 Å². The summed E-state index contributed by atoms with van der Waals surface area (Å²) in [4.78, 5) is 0. The highest BCUT2D eigenvalue weighted by Gasteiger charge is 2.06. The van der Waals surface area contributed by atoms with E-state index in [4.69, 9.17) is 32.7 Å². The van der Waals surface area contributed by atoms with E-state index in [-0.39, 0.29) is 0 Å². The first-order valence-corrected chi connectivity index (χ1v) is 7.86. The van der Waals surface area contributed by atoms with E-state index in [0.29, 0.717) is 5.02 Å². The normalized spacial score (nSPS) is 10.5. The Kier molecular flexibility index (Phi) is 6.37. The minimum Gasteiger partial charge on any atom is -0.493 e. The van der Waals surface area contributed by atoms with Gasteiger partial charge in [0.05, 0.1) is 25.8 Å². The van der Waals surface area contributed by atoms with Crippen molar-refractivity contribution in [2.45, 2.75) is 13.0 Å². The number of hydrogen-bond donors (Lipinski definition) is 1. The number of benzene rings is 2. The van der Waals surface area contributed by atoms with Gasteiger partial charge < -0.3 is 14.8 Å². The molecule has 0 heterocycles. The fraction of sp³-hybridized carbons (Fsp3) is 0.294. The van der Waals surface area contributed by atoms with Gasteiger partial charge in [-0.2, -0.15) is 0 Å². The van der Waals surface area contributed by atoms with E-state index in [9.17, 15) is 0 Å². The zero-order valence-electron chi connectivity index (χ0n) is 12.7. The van der Waals surface area contributed by atoms with Crippen LogP contribution in [0.15, 0.2) is 36.4 Å². The van der Waals surface area contributed by atoms with Gasteiger partial charge in [-0.05, 0) is 29.8 Å². The molecule has 0 saturated heterocycles. The van der Waals surface area contributed by atoms with Gasteiger partial charge in [0, 0.05) is 17.0 Å². The molecule has 0 amide bonds. The second kappa shape index (κ2) is 8.28. The topological polar surface area (TPSA) is 35.1 Å². The van der Waals surface area contributed by atoms with Crippen molar-refractivity contribution in [3.63, 3.8) is 0 Å². The molecule has 2 rings (SSSR count). The smallest absolute Gasteiger partial charge is 0.160 e. The molecule has 0 aliphatic heterocycles. The average molecular weight is 341 g/mol. The highest BCUT2D eigenvalue weighted by molar-refractivity contribution is 6.35. The Morgan fingerprint density at radius 1 is 0.955 bits per heavy atom. The molecular weight excluding hydrogens is 321 g/mol. The Morgan fingerprint density at radius 3 is 2.41 bits per heavy atom. The van der Waals surface area contributed by atoms with Gasteiger partial charge in [0.2, 0.25) is 0 Å². The maximum absolute atomic E-state index is 6.16. The lowest BCUT2D eigenvalue weighted by Crippen LogP contribution is -2.83. The molecule has 2 aromatic carbocycles. The SMILES string of the molecule is COc1ccc(CC[NH2+]Cc2ccc(Cl)cc2Cl)cc1OC. The predicted molar refractivity (Wildman–Crippen MR) is 90.2 cm³/mol. The summed E-state index contributed by atoms with van der Waals surface area (Å²) >= 11 is 12.1. The Balaban J connectivity index is 1.86. The summed E-state index contributed by atoms with van der Waals surface area (Å²) in [5.74, 6) is 1.52. The third-order valence-corrected chi connectivity index (χ3v) is 4.05. The molecule has 0 bridgehead atoms. The molecule has 0 aliphatic rings. The Labute approximate surface area is 141 Å². The molecule has 22 heavy (non-hydrogen) atoms. The first kappa shape index (κ1) is 16.9. The average Bonchev–Trinajstić information content (AvgIpc) is 2.53. The zero-order chi connectivity index (χ0) is 15.9. The van der Waals surface area contributed by atoms with Crippen LogP contribution in [0.25, 0.3) is 0 Å². The second-order valence-electron chi connectivity index (χ2n) is 4.96. The Bertz CT molecular complexity index is 632. The van der Waals surface area contributed by atoms with Crippen molar-refractivity contribution in [1.29, 1.82) is 0 Å². The van der Waals surface area contributed by atoms with Crippen LogP contribution in [-0.2, 0) is 13.0 Å². The van der Waals surface area contributed by atoms with Crippen LogP contribution < -0.4 is 14.8 Å².